The summed E-state index contributed by atoms with van der Waals surface area (Å²) < 4.78 is 12.1. The van der Waals surface area contributed by atoms with Crippen LogP contribution in [0, 0.1) is 5.41 Å². The van der Waals surface area contributed by atoms with Crippen LogP contribution in [0.4, 0.5) is 0 Å². The molecule has 1 aliphatic heterocycles. The summed E-state index contributed by atoms with van der Waals surface area (Å²) in [5.74, 6) is 0. The van der Waals surface area contributed by atoms with E-state index in [-0.39, 0.29) is 0 Å². The molecule has 1 aliphatic rings. The summed E-state index contributed by atoms with van der Waals surface area (Å²) >= 11 is 0. The van der Waals surface area contributed by atoms with E-state index in [1.165, 1.54) is 180 Å². The van der Waals surface area contributed by atoms with Crippen molar-refractivity contribution in [3.63, 3.8) is 0 Å². The maximum Gasteiger partial charge on any atom is 0.0466 e. The predicted octanol–water partition coefficient (Wildman–Crippen LogP) is 13.7. The van der Waals surface area contributed by atoms with E-state index in [0.29, 0.717) is 5.41 Å². The van der Waals surface area contributed by atoms with Gasteiger partial charge in [-0.15, -0.1) is 0 Å². The van der Waals surface area contributed by atoms with Crippen LogP contribution >= 0.6 is 0 Å². The van der Waals surface area contributed by atoms with Gasteiger partial charge >= 0.3 is 0 Å². The van der Waals surface area contributed by atoms with Crippen LogP contribution in [0.25, 0.3) is 0 Å². The number of likely N-dealkylation sites (tertiary alicyclic amines) is 1. The van der Waals surface area contributed by atoms with Crippen molar-refractivity contribution in [1.82, 2.24) is 4.90 Å². The minimum Gasteiger partial charge on any atom is -0.381 e. The van der Waals surface area contributed by atoms with E-state index < -0.39 is 0 Å². The average Bonchev–Trinajstić information content (AvgIpc) is 3.07. The van der Waals surface area contributed by atoms with Gasteiger partial charge in [0.1, 0.15) is 0 Å². The van der Waals surface area contributed by atoms with Crippen LogP contribution in [0.5, 0.6) is 0 Å². The number of hydrogen-bond donors (Lipinski definition) is 0. The maximum atomic E-state index is 6.03. The Morgan fingerprint density at radius 3 is 1.25 bits per heavy atom. The molecule has 1 saturated heterocycles. The molecule has 0 aliphatic carbocycles. The normalized spacial score (nSPS) is 15.2. The van der Waals surface area contributed by atoms with E-state index in [1.807, 2.05) is 0 Å². The molecule has 0 amide bonds. The van der Waals surface area contributed by atoms with Crippen LogP contribution in [0.15, 0.2) is 48.6 Å². The van der Waals surface area contributed by atoms with Crippen LogP contribution < -0.4 is 0 Å². The van der Waals surface area contributed by atoms with Crippen molar-refractivity contribution in [2.24, 2.45) is 5.41 Å². The monoisotopic (exact) mass is 670 g/mol. The van der Waals surface area contributed by atoms with E-state index in [9.17, 15) is 0 Å². The van der Waals surface area contributed by atoms with Gasteiger partial charge < -0.3 is 14.4 Å². The Morgan fingerprint density at radius 2 is 0.812 bits per heavy atom. The van der Waals surface area contributed by atoms with Gasteiger partial charge in [-0.25, -0.2) is 0 Å². The Kier molecular flexibility index (Phi) is 33.3. The second-order valence-electron chi connectivity index (χ2n) is 15.0. The molecule has 280 valence electrons. The Hall–Kier alpha value is -1.16. The molecule has 0 N–H and O–H groups in total. The van der Waals surface area contributed by atoms with Crippen molar-refractivity contribution in [3.05, 3.63) is 48.6 Å². The highest BCUT2D eigenvalue weighted by Crippen LogP contribution is 2.38. The largest absolute Gasteiger partial charge is 0.381 e. The zero-order valence-corrected chi connectivity index (χ0v) is 32.7. The third kappa shape index (κ3) is 29.7. The first kappa shape index (κ1) is 44.9. The highest BCUT2D eigenvalue weighted by Gasteiger charge is 2.39. The highest BCUT2D eigenvalue weighted by molar-refractivity contribution is 5.02. The molecule has 0 unspecified atom stereocenters. The number of unbranched alkanes of at least 4 members (excludes halogenated alkanes) is 18. The lowest BCUT2D eigenvalue weighted by molar-refractivity contribution is -0.0101. The fourth-order valence-corrected chi connectivity index (χ4v) is 7.07. The van der Waals surface area contributed by atoms with Crippen LogP contribution in [0.3, 0.4) is 0 Å². The lowest BCUT2D eigenvalue weighted by Crippen LogP contribution is -2.54. The molecule has 0 bridgehead atoms. The molecule has 0 radical (unpaired) electrons. The highest BCUT2D eigenvalue weighted by atomic mass is 16.5. The second kappa shape index (κ2) is 35.7. The summed E-state index contributed by atoms with van der Waals surface area (Å²) in [5, 5.41) is 0. The van der Waals surface area contributed by atoms with Gasteiger partial charge in [0.2, 0.25) is 0 Å². The van der Waals surface area contributed by atoms with E-state index in [0.717, 1.165) is 32.8 Å². The molecular formula is C45H83NO2. The summed E-state index contributed by atoms with van der Waals surface area (Å²) in [4.78, 5) is 2.48. The number of ether oxygens (including phenoxy) is 2. The summed E-state index contributed by atoms with van der Waals surface area (Å²) in [5.41, 5.74) is 0.516. The van der Waals surface area contributed by atoms with Gasteiger partial charge in [0.25, 0.3) is 0 Å². The summed E-state index contributed by atoms with van der Waals surface area (Å²) in [7, 11) is 2.27. The molecule has 0 atom stereocenters. The van der Waals surface area contributed by atoms with Gasteiger partial charge in [-0.05, 0) is 109 Å². The van der Waals surface area contributed by atoms with Crippen molar-refractivity contribution in [3.8, 4) is 0 Å². The molecule has 0 spiro atoms. The van der Waals surface area contributed by atoms with Crippen molar-refractivity contribution in [1.29, 1.82) is 0 Å². The fourth-order valence-electron chi connectivity index (χ4n) is 7.07. The first-order valence-corrected chi connectivity index (χ1v) is 21.2. The summed E-state index contributed by atoms with van der Waals surface area (Å²) in [6, 6.07) is 0. The molecule has 48 heavy (non-hydrogen) atoms. The molecule has 0 saturated carbocycles. The summed E-state index contributed by atoms with van der Waals surface area (Å²) in [6.45, 7) is 10.8. The lowest BCUT2D eigenvalue weighted by Gasteiger charge is -2.49. The van der Waals surface area contributed by atoms with Gasteiger partial charge in [0.15, 0.2) is 0 Å². The van der Waals surface area contributed by atoms with Crippen molar-refractivity contribution >= 4 is 0 Å². The number of allylic oxidation sites excluding steroid dienone is 8. The predicted molar refractivity (Wildman–Crippen MR) is 214 cm³/mol. The van der Waals surface area contributed by atoms with Gasteiger partial charge in [-0.2, -0.15) is 0 Å². The molecule has 0 aromatic rings. The standard InChI is InChI=1S/C45H83NO2/c1-4-6-8-10-12-14-16-18-20-22-24-26-28-30-32-34-40-48-42-36-38-45(43-46(3)44-45)37-35-41-47-39-33-31-29-27-25-23-21-19-17-15-13-11-9-7-5-2/h12-15,17-20H,4-11,16,21-44H2,1-3H3/b14-12-,15-13+,19-17-,20-18-. The number of hydrogen-bond acceptors (Lipinski definition) is 3. The first-order chi connectivity index (χ1) is 23.7. The van der Waals surface area contributed by atoms with Crippen molar-refractivity contribution in [2.45, 2.75) is 187 Å². The Morgan fingerprint density at radius 1 is 0.438 bits per heavy atom. The topological polar surface area (TPSA) is 21.7 Å². The molecule has 1 fully saturated rings. The molecule has 0 aromatic heterocycles. The molecule has 0 aromatic carbocycles. The third-order valence-electron chi connectivity index (χ3n) is 9.96. The minimum absolute atomic E-state index is 0.516. The van der Waals surface area contributed by atoms with Crippen molar-refractivity contribution in [2.75, 3.05) is 46.6 Å². The van der Waals surface area contributed by atoms with Gasteiger partial charge in [0, 0.05) is 39.5 Å². The number of rotatable bonds is 37. The molecule has 1 rings (SSSR count). The van der Waals surface area contributed by atoms with Crippen LogP contribution in [0.1, 0.15) is 187 Å². The quantitative estimate of drug-likeness (QED) is 0.0373. The Bertz CT molecular complexity index is 763. The van der Waals surface area contributed by atoms with Crippen LogP contribution in [-0.2, 0) is 9.47 Å². The maximum absolute atomic E-state index is 6.03. The fraction of sp³-hybridized carbons (Fsp3) is 0.822. The van der Waals surface area contributed by atoms with E-state index in [1.54, 1.807) is 0 Å². The SMILES string of the molecule is CCCCC/C=C\C/C=C\CCCCCCCCOCCCC1(CCCOCCCCCCCC/C=C\C=C\CCCCC)CN(C)C1. The van der Waals surface area contributed by atoms with Crippen LogP contribution in [-0.4, -0.2) is 51.5 Å². The van der Waals surface area contributed by atoms with Gasteiger partial charge in [-0.3, -0.25) is 0 Å². The first-order valence-electron chi connectivity index (χ1n) is 21.2. The van der Waals surface area contributed by atoms with Gasteiger partial charge in [0.05, 0.1) is 0 Å². The third-order valence-corrected chi connectivity index (χ3v) is 9.96. The van der Waals surface area contributed by atoms with Crippen LogP contribution in [0.2, 0.25) is 0 Å². The molecule has 1 heterocycles. The van der Waals surface area contributed by atoms with E-state index in [4.69, 9.17) is 9.47 Å². The number of nitrogens with zero attached hydrogens (tertiary/aromatic N) is 1. The summed E-state index contributed by atoms with van der Waals surface area (Å²) in [6.07, 6.45) is 53.6. The Balaban J connectivity index is 1.86. The second-order valence-corrected chi connectivity index (χ2v) is 15.0. The zero-order valence-electron chi connectivity index (χ0n) is 32.7. The molecule has 3 nitrogen and oxygen atoms in total. The lowest BCUT2D eigenvalue weighted by atomic mass is 9.73. The van der Waals surface area contributed by atoms with Crippen molar-refractivity contribution < 1.29 is 9.47 Å². The zero-order chi connectivity index (χ0) is 34.5. The smallest absolute Gasteiger partial charge is 0.0466 e. The van der Waals surface area contributed by atoms with E-state index >= 15 is 0 Å². The Labute approximate surface area is 301 Å². The minimum atomic E-state index is 0.516. The molecular weight excluding hydrogens is 587 g/mol. The van der Waals surface area contributed by atoms with Gasteiger partial charge in [-0.1, -0.05) is 140 Å². The molecule has 3 heteroatoms. The average molecular weight is 670 g/mol. The van der Waals surface area contributed by atoms with E-state index in [2.05, 4.69) is 74.4 Å².